The molecule has 3 aliphatic heterocycles. The highest BCUT2D eigenvalue weighted by Crippen LogP contribution is 2.34. The smallest absolute Gasteiger partial charge is 0.261 e. The normalized spacial score (nSPS) is 25.4. The van der Waals surface area contributed by atoms with Crippen molar-refractivity contribution in [3.63, 3.8) is 0 Å². The summed E-state index contributed by atoms with van der Waals surface area (Å²) in [5.41, 5.74) is 7.08. The van der Waals surface area contributed by atoms with Gasteiger partial charge in [0, 0.05) is 62.1 Å². The Morgan fingerprint density at radius 2 is 1.49 bits per heavy atom. The average molecular weight is 1250 g/mol. The van der Waals surface area contributed by atoms with E-state index in [9.17, 15) is 74.1 Å². The third-order valence-electron chi connectivity index (χ3n) is 14.9. The average Bonchev–Trinajstić information content (AvgIpc) is 2.70. The monoisotopic (exact) mass is 1250 g/mol. The molecule has 472 valence electrons. The van der Waals surface area contributed by atoms with Crippen LogP contribution in [0.2, 0.25) is 0 Å². The Bertz CT molecular complexity index is 3070. The number of unbranched alkanes of at least 4 members (excludes halogenated alkanes) is 2. The van der Waals surface area contributed by atoms with Gasteiger partial charge in [0.1, 0.15) is 47.0 Å². The molecule has 13 atom stereocenters. The molecule has 0 bridgehead atoms. The van der Waals surface area contributed by atoms with Gasteiger partial charge in [0.2, 0.25) is 41.4 Å². The number of fused-ring (bicyclic) bond motifs is 2. The molecule has 3 saturated heterocycles. The summed E-state index contributed by atoms with van der Waals surface area (Å²) in [6.45, 7) is 3.61. The van der Waals surface area contributed by atoms with Gasteiger partial charge >= 0.3 is 0 Å². The Morgan fingerprint density at radius 3 is 2.17 bits per heavy atom. The summed E-state index contributed by atoms with van der Waals surface area (Å²) in [5, 5.41) is 103. The lowest BCUT2D eigenvalue weighted by Crippen LogP contribution is -2.64. The summed E-state index contributed by atoms with van der Waals surface area (Å²) in [5.74, 6) is -10.3. The van der Waals surface area contributed by atoms with Crippen molar-refractivity contribution in [2.24, 2.45) is 11.7 Å². The summed E-state index contributed by atoms with van der Waals surface area (Å²) in [6.07, 6.45) is -8.79. The van der Waals surface area contributed by atoms with E-state index in [0.29, 0.717) is 12.2 Å². The Balaban J connectivity index is 1.19. The van der Waals surface area contributed by atoms with Crippen LogP contribution in [0.15, 0.2) is 72.9 Å². The predicted octanol–water partition coefficient (Wildman–Crippen LogP) is -1.06. The molecule has 0 spiro atoms. The second-order valence-electron chi connectivity index (χ2n) is 21.5. The van der Waals surface area contributed by atoms with Gasteiger partial charge in [-0.25, -0.2) is 10.2 Å². The van der Waals surface area contributed by atoms with Gasteiger partial charge in [-0.3, -0.25) is 38.4 Å². The summed E-state index contributed by atoms with van der Waals surface area (Å²) >= 11 is 1.46. The number of hydrogen-bond acceptors (Lipinski definition) is 23. The second-order valence-corrected chi connectivity index (χ2v) is 22.9. The van der Waals surface area contributed by atoms with E-state index < -0.39 is 177 Å². The standard InChI is InChI=1S/C56H71N9O20S2/c1-4-5-6-17-82-35-14-12-32(13-15-35)54-59-24-42(86-54)30-8-10-31(11-9-30)49(74)60-36-20-33(67)23-58-53(78)47-48(73)27(2)25-65(47)56(80)46(40(71)22-43(57)72)63-52(77)45(39(70)18-29-7-16-38(69)41(19-29)83-87-85-84-81)62-51(76)37-21-34(68)26-64(37)55(79)44(28(3)66)61-50(36)75/h7-16,19,24,27-28,33-34,36-37,39-40,44-48,66-71,73,81H,4-6,17-18,20-23,25-26H2,1-3H3,(H2,57,72)(H,58,78)(H,60,74)(H,61,75)(H,62,76)(H,63,77)/t27?,28?,33?,34?,36-,37?,39?,40?,44?,45?,46?,47?,48?/m0/s1. The Kier molecular flexibility index (Phi) is 23.8. The predicted molar refractivity (Wildman–Crippen MR) is 308 cm³/mol. The maximum atomic E-state index is 14.7. The molecule has 0 aliphatic carbocycles. The number of aromatic hydroxyl groups is 1. The topological polar surface area (TPSA) is 441 Å². The first-order chi connectivity index (χ1) is 41.5. The van der Waals surface area contributed by atoms with Crippen molar-refractivity contribution < 1.29 is 97.7 Å². The fourth-order valence-electron chi connectivity index (χ4n) is 10.2. The minimum atomic E-state index is -2.21. The number of primary amides is 1. The molecule has 3 aliphatic rings. The highest BCUT2D eigenvalue weighted by atomic mass is 32.2. The Hall–Kier alpha value is -7.56. The third-order valence-corrected chi connectivity index (χ3v) is 16.3. The molecule has 8 amide bonds. The SMILES string of the molecule is CCCCCOc1ccc(-c2ncc(-c3ccc(C(=O)N[C@H]4CC(O)CNC(=O)C5C(O)C(C)CN5C(=O)C(C(O)CC(N)=O)NC(=O)C(C(O)Cc5ccc(O)c(OSOOO)c5)NC(=O)C5CC(O)CN5C(=O)C(C(C)O)NC4=O)cc3)s2)cc1. The van der Waals surface area contributed by atoms with Crippen LogP contribution in [0.1, 0.15) is 75.2 Å². The molecule has 87 heavy (non-hydrogen) atoms. The van der Waals surface area contributed by atoms with Crippen LogP contribution in [-0.2, 0) is 49.4 Å². The highest BCUT2D eigenvalue weighted by Gasteiger charge is 2.50. The molecule has 7 rings (SSSR count). The molecule has 0 saturated carbocycles. The van der Waals surface area contributed by atoms with Crippen molar-refractivity contribution in [1.82, 2.24) is 41.4 Å². The van der Waals surface area contributed by atoms with Crippen molar-refractivity contribution in [2.45, 2.75) is 139 Å². The number of amides is 8. The lowest BCUT2D eigenvalue weighted by Gasteiger charge is -2.33. The summed E-state index contributed by atoms with van der Waals surface area (Å²) in [6, 6.07) is 5.67. The number of phenolic OH excluding ortho intramolecular Hbond substituents is 1. The van der Waals surface area contributed by atoms with E-state index in [-0.39, 0.29) is 29.2 Å². The lowest BCUT2D eigenvalue weighted by molar-refractivity contribution is -0.433. The fourth-order valence-corrected chi connectivity index (χ4v) is 11.4. The van der Waals surface area contributed by atoms with Gasteiger partial charge in [-0.05, 0) is 73.0 Å². The maximum Gasteiger partial charge on any atom is 0.261 e. The number of ether oxygens (including phenoxy) is 1. The molecule has 4 aromatic rings. The van der Waals surface area contributed by atoms with Gasteiger partial charge < -0.3 is 86.8 Å². The van der Waals surface area contributed by atoms with Gasteiger partial charge in [-0.15, -0.1) is 11.3 Å². The van der Waals surface area contributed by atoms with E-state index >= 15 is 0 Å². The highest BCUT2D eigenvalue weighted by molar-refractivity contribution is 7.90. The summed E-state index contributed by atoms with van der Waals surface area (Å²) in [4.78, 5) is 120. The molecule has 0 radical (unpaired) electrons. The van der Waals surface area contributed by atoms with E-state index in [4.69, 9.17) is 19.9 Å². The number of carbonyl (C=O) groups is 8. The molecular weight excluding hydrogens is 1180 g/mol. The van der Waals surface area contributed by atoms with Crippen molar-refractivity contribution in [1.29, 1.82) is 0 Å². The first-order valence-electron chi connectivity index (χ1n) is 27.9. The number of aromatic nitrogens is 1. The zero-order chi connectivity index (χ0) is 63.2. The first kappa shape index (κ1) is 67.0. The van der Waals surface area contributed by atoms with Crippen LogP contribution >= 0.6 is 23.7 Å². The number of aliphatic hydroxyl groups excluding tert-OH is 6. The molecule has 15 N–H and O–H groups in total. The number of nitrogens with zero attached hydrogens (tertiary/aromatic N) is 3. The first-order valence-corrected chi connectivity index (χ1v) is 29.4. The van der Waals surface area contributed by atoms with Gasteiger partial charge in [0.05, 0.1) is 54.5 Å². The van der Waals surface area contributed by atoms with E-state index in [1.54, 1.807) is 18.3 Å². The number of β-amino-alcohol motifs (C(OH)–C–C–N with tert-alkyl or cyclic N) is 1. The minimum absolute atomic E-state index is 0.0320. The van der Waals surface area contributed by atoms with Gasteiger partial charge in [-0.2, -0.15) is 0 Å². The van der Waals surface area contributed by atoms with Crippen molar-refractivity contribution in [3.05, 3.63) is 84.1 Å². The van der Waals surface area contributed by atoms with Crippen molar-refractivity contribution >= 4 is 70.9 Å². The largest absolute Gasteiger partial charge is 0.504 e. The van der Waals surface area contributed by atoms with Gasteiger partial charge in [-0.1, -0.05) is 54.3 Å². The molecule has 1 aromatic heterocycles. The number of nitrogens with one attached hydrogen (secondary N) is 5. The number of nitrogens with two attached hydrogens (primary N) is 1. The van der Waals surface area contributed by atoms with E-state index in [1.165, 1.54) is 36.5 Å². The minimum Gasteiger partial charge on any atom is -0.504 e. The van der Waals surface area contributed by atoms with E-state index in [2.05, 4.69) is 47.9 Å². The molecule has 31 heteroatoms. The van der Waals surface area contributed by atoms with Crippen LogP contribution in [0.3, 0.4) is 0 Å². The number of aliphatic hydroxyl groups is 6. The zero-order valence-electron chi connectivity index (χ0n) is 47.4. The zero-order valence-corrected chi connectivity index (χ0v) is 49.1. The second kappa shape index (κ2) is 30.9. The molecule has 4 heterocycles. The lowest BCUT2D eigenvalue weighted by atomic mass is 9.98. The van der Waals surface area contributed by atoms with Crippen LogP contribution in [0, 0.1) is 5.92 Å². The van der Waals surface area contributed by atoms with E-state index in [1.807, 2.05) is 24.3 Å². The van der Waals surface area contributed by atoms with Crippen molar-refractivity contribution in [2.75, 3.05) is 26.2 Å². The number of rotatable bonds is 20. The molecule has 29 nitrogen and oxygen atoms in total. The van der Waals surface area contributed by atoms with Crippen molar-refractivity contribution in [3.8, 4) is 38.3 Å². The maximum absolute atomic E-state index is 14.7. The quantitative estimate of drug-likeness (QED) is 0.0217. The third kappa shape index (κ3) is 17.4. The van der Waals surface area contributed by atoms with Gasteiger partial charge in [0.25, 0.3) is 18.2 Å². The fraction of sp³-hybridized carbons (Fsp3) is 0.482. The number of benzene rings is 3. The van der Waals surface area contributed by atoms with Crippen LogP contribution < -0.4 is 41.2 Å². The number of hydrogen-bond donors (Lipinski definition) is 14. The number of phenols is 1. The molecule has 12 unspecified atom stereocenters. The van der Waals surface area contributed by atoms with Gasteiger partial charge in [0.15, 0.2) is 11.5 Å². The van der Waals surface area contributed by atoms with E-state index in [0.717, 1.165) is 69.3 Å². The number of thiazole rings is 1. The van der Waals surface area contributed by atoms with Crippen LogP contribution in [0.4, 0.5) is 0 Å². The van der Waals surface area contributed by atoms with Crippen LogP contribution in [0.5, 0.6) is 17.2 Å². The summed E-state index contributed by atoms with van der Waals surface area (Å²) in [7, 11) is 0. The Morgan fingerprint density at radius 1 is 0.816 bits per heavy atom. The van der Waals surface area contributed by atoms with Crippen LogP contribution in [0.25, 0.3) is 21.0 Å². The molecule has 3 fully saturated rings. The Labute approximate surface area is 506 Å². The molecular formula is C56H71N9O20S2. The molecule has 3 aromatic carbocycles. The summed E-state index contributed by atoms with van der Waals surface area (Å²) < 4.78 is 15.1. The van der Waals surface area contributed by atoms with Crippen LogP contribution in [-0.4, -0.2) is 202 Å². The number of carbonyl (C=O) groups excluding carboxylic acids is 8.